The zero-order chi connectivity index (χ0) is 12.4. The number of nitrogens with zero attached hydrogens (tertiary/aromatic N) is 1. The molecule has 2 rings (SSSR count). The van der Waals surface area contributed by atoms with Gasteiger partial charge in [0.05, 0.1) is 17.9 Å². The van der Waals surface area contributed by atoms with Crippen LogP contribution < -0.4 is 4.90 Å². The summed E-state index contributed by atoms with van der Waals surface area (Å²) in [4.78, 5) is 24.9. The van der Waals surface area contributed by atoms with Crippen LogP contribution in [-0.4, -0.2) is 25.5 Å². The molecule has 4 nitrogen and oxygen atoms in total. The molecule has 0 bridgehead atoms. The zero-order valence-corrected chi connectivity index (χ0v) is 9.77. The highest BCUT2D eigenvalue weighted by Gasteiger charge is 2.29. The van der Waals surface area contributed by atoms with Crippen molar-refractivity contribution < 1.29 is 14.3 Å². The van der Waals surface area contributed by atoms with Crippen LogP contribution in [0, 0.1) is 0 Å². The van der Waals surface area contributed by atoms with Crippen molar-refractivity contribution >= 4 is 23.1 Å². The maximum absolute atomic E-state index is 12.0. The van der Waals surface area contributed by atoms with Crippen LogP contribution in [0.1, 0.15) is 12.5 Å². The van der Waals surface area contributed by atoms with Crippen molar-refractivity contribution in [3.05, 3.63) is 35.9 Å². The minimum absolute atomic E-state index is 0.181. The number of hydrogen-bond acceptors (Lipinski definition) is 3. The lowest BCUT2D eigenvalue weighted by molar-refractivity contribution is -0.137. The average Bonchev–Trinajstić information content (AvgIpc) is 2.56. The highest BCUT2D eigenvalue weighted by atomic mass is 16.5. The fourth-order valence-electron chi connectivity index (χ4n) is 1.84. The van der Waals surface area contributed by atoms with Crippen molar-refractivity contribution in [1.29, 1.82) is 0 Å². The number of amides is 1. The number of benzene rings is 1. The first-order valence-electron chi connectivity index (χ1n) is 5.41. The van der Waals surface area contributed by atoms with E-state index in [1.54, 1.807) is 14.0 Å². The van der Waals surface area contributed by atoms with E-state index in [1.165, 1.54) is 11.0 Å². The van der Waals surface area contributed by atoms with Gasteiger partial charge >= 0.3 is 5.97 Å². The number of anilines is 1. The molecule has 0 aromatic heterocycles. The molecule has 0 spiro atoms. The smallest absolute Gasteiger partial charge is 0.331 e. The van der Waals surface area contributed by atoms with Crippen molar-refractivity contribution in [3.8, 4) is 0 Å². The largest absolute Gasteiger partial charge is 0.463 e. The summed E-state index contributed by atoms with van der Waals surface area (Å²) >= 11 is 0. The summed E-state index contributed by atoms with van der Waals surface area (Å²) in [6, 6.07) is 7.36. The normalized spacial score (nSPS) is 16.2. The van der Waals surface area contributed by atoms with E-state index in [2.05, 4.69) is 0 Å². The molecule has 0 atom stereocenters. The zero-order valence-electron chi connectivity index (χ0n) is 9.77. The number of rotatable bonds is 2. The van der Waals surface area contributed by atoms with E-state index >= 15 is 0 Å². The van der Waals surface area contributed by atoms with E-state index in [9.17, 15) is 9.59 Å². The van der Waals surface area contributed by atoms with Crippen molar-refractivity contribution in [3.63, 3.8) is 0 Å². The number of hydrogen-bond donors (Lipinski definition) is 0. The fraction of sp³-hybridized carbons (Fsp3) is 0.231. The van der Waals surface area contributed by atoms with Gasteiger partial charge in [-0.3, -0.25) is 4.79 Å². The molecule has 0 radical (unpaired) electrons. The second-order valence-electron chi connectivity index (χ2n) is 3.69. The first-order chi connectivity index (χ1) is 8.15. The molecule has 1 aliphatic rings. The third-order valence-corrected chi connectivity index (χ3v) is 2.64. The van der Waals surface area contributed by atoms with Gasteiger partial charge in [0, 0.05) is 18.7 Å². The summed E-state index contributed by atoms with van der Waals surface area (Å²) in [7, 11) is 1.69. The molecule has 1 aliphatic heterocycles. The van der Waals surface area contributed by atoms with Gasteiger partial charge < -0.3 is 9.64 Å². The van der Waals surface area contributed by atoms with Crippen LogP contribution in [0.4, 0.5) is 5.69 Å². The molecule has 1 heterocycles. The van der Waals surface area contributed by atoms with Gasteiger partial charge in [-0.15, -0.1) is 0 Å². The number of fused-ring (bicyclic) bond motifs is 1. The quantitative estimate of drug-likeness (QED) is 0.574. The summed E-state index contributed by atoms with van der Waals surface area (Å²) in [5.41, 5.74) is 1.97. The van der Waals surface area contributed by atoms with Gasteiger partial charge in [0.2, 0.25) is 0 Å². The van der Waals surface area contributed by atoms with Gasteiger partial charge in [0.15, 0.2) is 0 Å². The minimum Gasteiger partial charge on any atom is -0.463 e. The number of esters is 1. The first-order valence-corrected chi connectivity index (χ1v) is 5.41. The van der Waals surface area contributed by atoms with Gasteiger partial charge in [0.25, 0.3) is 5.91 Å². The first kappa shape index (κ1) is 11.4. The lowest BCUT2D eigenvalue weighted by atomic mass is 10.1. The molecule has 4 heteroatoms. The van der Waals surface area contributed by atoms with Crippen LogP contribution >= 0.6 is 0 Å². The molecular formula is C13H13NO3. The Hall–Kier alpha value is -2.10. The van der Waals surface area contributed by atoms with Crippen LogP contribution in [0.2, 0.25) is 0 Å². The van der Waals surface area contributed by atoms with Gasteiger partial charge in [-0.25, -0.2) is 4.79 Å². The predicted octanol–water partition coefficient (Wildman–Crippen LogP) is 1.61. The summed E-state index contributed by atoms with van der Waals surface area (Å²) in [6.07, 6.45) is 1.26. The van der Waals surface area contributed by atoms with E-state index in [4.69, 9.17) is 4.74 Å². The second kappa shape index (κ2) is 4.41. The summed E-state index contributed by atoms with van der Waals surface area (Å²) < 4.78 is 4.82. The highest BCUT2D eigenvalue weighted by molar-refractivity contribution is 6.34. The summed E-state index contributed by atoms with van der Waals surface area (Å²) in [5, 5.41) is 0. The van der Waals surface area contributed by atoms with E-state index in [1.807, 2.05) is 24.3 Å². The number of ether oxygens (including phenoxy) is 1. The van der Waals surface area contributed by atoms with E-state index in [0.717, 1.165) is 11.3 Å². The minimum atomic E-state index is -0.485. The number of carbonyl (C=O) groups excluding carboxylic acids is 2. The molecule has 0 unspecified atom stereocenters. The topological polar surface area (TPSA) is 46.6 Å². The summed E-state index contributed by atoms with van der Waals surface area (Å²) in [5.74, 6) is -0.666. The average molecular weight is 231 g/mol. The molecule has 17 heavy (non-hydrogen) atoms. The lowest BCUT2D eigenvalue weighted by Crippen LogP contribution is -2.20. The molecule has 0 saturated carbocycles. The predicted molar refractivity (Wildman–Crippen MR) is 64.5 cm³/mol. The van der Waals surface area contributed by atoms with Gasteiger partial charge in [-0.1, -0.05) is 18.2 Å². The molecule has 1 aromatic rings. The van der Waals surface area contributed by atoms with Crippen molar-refractivity contribution in [2.24, 2.45) is 0 Å². The van der Waals surface area contributed by atoms with Crippen molar-refractivity contribution in [2.75, 3.05) is 18.6 Å². The molecule has 88 valence electrons. The van der Waals surface area contributed by atoms with Gasteiger partial charge in [0.1, 0.15) is 0 Å². The molecule has 0 aliphatic carbocycles. The van der Waals surface area contributed by atoms with Crippen LogP contribution in [0.3, 0.4) is 0 Å². The van der Waals surface area contributed by atoms with Crippen LogP contribution in [0.25, 0.3) is 5.57 Å². The monoisotopic (exact) mass is 231 g/mol. The van der Waals surface area contributed by atoms with Crippen molar-refractivity contribution in [1.82, 2.24) is 0 Å². The van der Waals surface area contributed by atoms with Gasteiger partial charge in [-0.2, -0.15) is 0 Å². The van der Waals surface area contributed by atoms with Crippen LogP contribution in [0.15, 0.2) is 30.3 Å². The SMILES string of the molecule is CCOC(=O)/C=C1\C(=O)N(C)c2ccccc21. The Bertz CT molecular complexity index is 505. The van der Waals surface area contributed by atoms with E-state index in [0.29, 0.717) is 12.2 Å². The Morgan fingerprint density at radius 1 is 1.41 bits per heavy atom. The van der Waals surface area contributed by atoms with E-state index < -0.39 is 5.97 Å². The molecule has 0 fully saturated rings. The van der Waals surface area contributed by atoms with E-state index in [-0.39, 0.29) is 5.91 Å². The Morgan fingerprint density at radius 2 is 2.12 bits per heavy atom. The summed E-state index contributed by atoms with van der Waals surface area (Å²) in [6.45, 7) is 2.03. The standard InChI is InChI=1S/C13H13NO3/c1-3-17-12(15)8-10-9-6-4-5-7-11(9)14(2)13(10)16/h4-8H,3H2,1-2H3/b10-8-. The highest BCUT2D eigenvalue weighted by Crippen LogP contribution is 2.35. The molecule has 0 saturated heterocycles. The fourth-order valence-corrected chi connectivity index (χ4v) is 1.84. The number of para-hydroxylation sites is 1. The molecular weight excluding hydrogens is 218 g/mol. The third-order valence-electron chi connectivity index (χ3n) is 2.64. The van der Waals surface area contributed by atoms with Crippen molar-refractivity contribution in [2.45, 2.75) is 6.92 Å². The molecule has 1 amide bonds. The molecule has 0 N–H and O–H groups in total. The molecule has 1 aromatic carbocycles. The lowest BCUT2D eigenvalue weighted by Gasteiger charge is -2.07. The Kier molecular flexibility index (Phi) is 2.95. The second-order valence-corrected chi connectivity index (χ2v) is 3.69. The van der Waals surface area contributed by atoms with Gasteiger partial charge in [-0.05, 0) is 13.0 Å². The number of likely N-dealkylation sites (N-methyl/N-ethyl adjacent to an activating group) is 1. The number of carbonyl (C=O) groups is 2. The Balaban J connectivity index is 2.43. The maximum atomic E-state index is 12.0. The maximum Gasteiger partial charge on any atom is 0.331 e. The van der Waals surface area contributed by atoms with Crippen LogP contribution in [-0.2, 0) is 14.3 Å². The van der Waals surface area contributed by atoms with Crippen LogP contribution in [0.5, 0.6) is 0 Å². The Labute approximate surface area is 99.5 Å². The Morgan fingerprint density at radius 3 is 2.82 bits per heavy atom. The third kappa shape index (κ3) is 1.93.